The smallest absolute Gasteiger partial charge is 0.327 e. The lowest BCUT2D eigenvalue weighted by Gasteiger charge is -2.42. The topological polar surface area (TPSA) is 101 Å². The van der Waals surface area contributed by atoms with Gasteiger partial charge in [0.15, 0.2) is 0 Å². The van der Waals surface area contributed by atoms with E-state index in [4.69, 9.17) is 4.74 Å². The Balaban J connectivity index is 1.78. The number of methoxy groups -OCH3 is 1. The molecule has 0 N–H and O–H groups in total. The van der Waals surface area contributed by atoms with Crippen molar-refractivity contribution in [1.82, 2.24) is 29.5 Å². The summed E-state index contributed by atoms with van der Waals surface area (Å²) in [6.45, 7) is 7.47. The van der Waals surface area contributed by atoms with Crippen LogP contribution in [0, 0.1) is 5.92 Å². The van der Waals surface area contributed by atoms with Crippen molar-refractivity contribution in [3.8, 4) is 6.01 Å². The summed E-state index contributed by atoms with van der Waals surface area (Å²) in [7, 11) is 3.12. The van der Waals surface area contributed by atoms with Gasteiger partial charge in [-0.3, -0.25) is 14.5 Å². The van der Waals surface area contributed by atoms with Crippen LogP contribution < -0.4 is 4.74 Å². The summed E-state index contributed by atoms with van der Waals surface area (Å²) in [5, 5.41) is 4.10. The summed E-state index contributed by atoms with van der Waals surface area (Å²) < 4.78 is 6.47. The Bertz CT molecular complexity index is 781. The van der Waals surface area contributed by atoms with Crippen molar-refractivity contribution < 1.29 is 19.1 Å². The third-order valence-electron chi connectivity index (χ3n) is 5.46. The standard InChI is InChI=1S/C18H28N6O4/c1-6-23-15(26)18(24(17(23)27)11-12(2)3)7-9-22(10-8-18)14(25)13-19-16(28-5)21(4)20-13/h12H,6-11H2,1-5H3. The number of likely N-dealkylation sites (N-methyl/N-ethyl adjacent to an activating group) is 1. The molecule has 0 atom stereocenters. The van der Waals surface area contributed by atoms with Gasteiger partial charge >= 0.3 is 12.0 Å². The van der Waals surface area contributed by atoms with E-state index >= 15 is 0 Å². The molecule has 2 fully saturated rings. The Morgan fingerprint density at radius 2 is 1.89 bits per heavy atom. The predicted octanol–water partition coefficient (Wildman–Crippen LogP) is 0.739. The first kappa shape index (κ1) is 20.1. The zero-order valence-corrected chi connectivity index (χ0v) is 17.1. The highest BCUT2D eigenvalue weighted by atomic mass is 16.5. The van der Waals surface area contributed by atoms with Gasteiger partial charge in [-0.2, -0.15) is 4.98 Å². The monoisotopic (exact) mass is 392 g/mol. The zero-order chi connectivity index (χ0) is 20.6. The fraction of sp³-hybridized carbons (Fsp3) is 0.722. The summed E-state index contributed by atoms with van der Waals surface area (Å²) in [5.41, 5.74) is -0.858. The maximum absolute atomic E-state index is 13.1. The van der Waals surface area contributed by atoms with E-state index in [2.05, 4.69) is 10.1 Å². The molecule has 2 aliphatic rings. The van der Waals surface area contributed by atoms with Crippen molar-refractivity contribution in [2.45, 2.75) is 39.2 Å². The molecular formula is C18H28N6O4. The third-order valence-corrected chi connectivity index (χ3v) is 5.46. The Kier molecular flexibility index (Phi) is 5.31. The van der Waals surface area contributed by atoms with Crippen LogP contribution in [0.3, 0.4) is 0 Å². The highest BCUT2D eigenvalue weighted by Gasteiger charge is 2.57. The Morgan fingerprint density at radius 1 is 1.25 bits per heavy atom. The van der Waals surface area contributed by atoms with Crippen LogP contribution in [-0.4, -0.2) is 86.1 Å². The molecule has 0 unspecified atom stereocenters. The third kappa shape index (κ3) is 3.10. The van der Waals surface area contributed by atoms with E-state index in [0.29, 0.717) is 39.0 Å². The van der Waals surface area contributed by atoms with E-state index in [9.17, 15) is 14.4 Å². The molecule has 0 radical (unpaired) electrons. The lowest BCUT2D eigenvalue weighted by Crippen LogP contribution is -2.58. The molecule has 1 spiro atoms. The van der Waals surface area contributed by atoms with Gasteiger partial charge in [-0.25, -0.2) is 9.48 Å². The number of amides is 4. The molecule has 1 aromatic heterocycles. The maximum Gasteiger partial charge on any atom is 0.327 e. The van der Waals surface area contributed by atoms with Crippen molar-refractivity contribution in [2.75, 3.05) is 33.3 Å². The average molecular weight is 392 g/mol. The van der Waals surface area contributed by atoms with E-state index in [1.165, 1.54) is 16.7 Å². The predicted molar refractivity (Wildman–Crippen MR) is 99.8 cm³/mol. The van der Waals surface area contributed by atoms with Crippen LogP contribution in [0.25, 0.3) is 0 Å². The molecule has 154 valence electrons. The number of piperidine rings is 1. The minimum absolute atomic E-state index is 0.0679. The number of carbonyl (C=O) groups is 3. The van der Waals surface area contributed by atoms with Gasteiger partial charge in [0.05, 0.1) is 7.11 Å². The highest BCUT2D eigenvalue weighted by Crippen LogP contribution is 2.38. The van der Waals surface area contributed by atoms with Crippen molar-refractivity contribution >= 4 is 17.8 Å². The van der Waals surface area contributed by atoms with Crippen LogP contribution in [0.2, 0.25) is 0 Å². The first-order valence-electron chi connectivity index (χ1n) is 9.63. The molecule has 10 nitrogen and oxygen atoms in total. The van der Waals surface area contributed by atoms with Gasteiger partial charge in [0.2, 0.25) is 5.82 Å². The van der Waals surface area contributed by atoms with E-state index in [1.54, 1.807) is 23.8 Å². The first-order chi connectivity index (χ1) is 13.2. The van der Waals surface area contributed by atoms with E-state index in [0.717, 1.165) is 0 Å². The van der Waals surface area contributed by atoms with Gasteiger partial charge in [-0.05, 0) is 25.7 Å². The average Bonchev–Trinajstić information content (AvgIpc) is 3.13. The normalized spacial score (nSPS) is 19.3. The summed E-state index contributed by atoms with van der Waals surface area (Å²) in [5.74, 6) is -0.132. The second-order valence-corrected chi connectivity index (χ2v) is 7.71. The van der Waals surface area contributed by atoms with Crippen LogP contribution in [-0.2, 0) is 11.8 Å². The molecule has 2 aliphatic heterocycles. The molecule has 0 aliphatic carbocycles. The number of hydrogen-bond acceptors (Lipinski definition) is 6. The molecule has 28 heavy (non-hydrogen) atoms. The number of ether oxygens (including phenoxy) is 1. The lowest BCUT2D eigenvalue weighted by molar-refractivity contribution is -0.135. The quantitative estimate of drug-likeness (QED) is 0.685. The number of carbonyl (C=O) groups excluding carboxylic acids is 3. The number of imide groups is 1. The van der Waals surface area contributed by atoms with E-state index in [1.807, 2.05) is 13.8 Å². The lowest BCUT2D eigenvalue weighted by atomic mass is 9.85. The number of hydrogen-bond donors (Lipinski definition) is 0. The number of urea groups is 1. The SMILES string of the molecule is CCN1C(=O)N(CC(C)C)C2(CCN(C(=O)c3nc(OC)n(C)n3)CC2)C1=O. The van der Waals surface area contributed by atoms with Gasteiger partial charge in [0, 0.05) is 33.2 Å². The fourth-order valence-corrected chi connectivity index (χ4v) is 4.02. The maximum atomic E-state index is 13.1. The molecule has 3 heterocycles. The van der Waals surface area contributed by atoms with Gasteiger partial charge in [-0.1, -0.05) is 13.8 Å². The summed E-state index contributed by atoms with van der Waals surface area (Å²) in [4.78, 5) is 47.4. The number of nitrogens with zero attached hydrogens (tertiary/aromatic N) is 6. The summed E-state index contributed by atoms with van der Waals surface area (Å²) in [6, 6.07) is 0.0344. The first-order valence-corrected chi connectivity index (χ1v) is 9.63. The second-order valence-electron chi connectivity index (χ2n) is 7.71. The van der Waals surface area contributed by atoms with Crippen molar-refractivity contribution in [1.29, 1.82) is 0 Å². The highest BCUT2D eigenvalue weighted by molar-refractivity contribution is 6.07. The largest absolute Gasteiger partial charge is 0.467 e. The summed E-state index contributed by atoms with van der Waals surface area (Å²) >= 11 is 0. The number of rotatable bonds is 5. The van der Waals surface area contributed by atoms with Gasteiger partial charge in [0.1, 0.15) is 5.54 Å². The van der Waals surface area contributed by atoms with E-state index < -0.39 is 5.54 Å². The molecule has 0 aromatic carbocycles. The Morgan fingerprint density at radius 3 is 2.39 bits per heavy atom. The van der Waals surface area contributed by atoms with Gasteiger partial charge < -0.3 is 14.5 Å². The number of likely N-dealkylation sites (tertiary alicyclic amines) is 1. The second kappa shape index (κ2) is 7.40. The van der Waals surface area contributed by atoms with Crippen molar-refractivity contribution in [3.63, 3.8) is 0 Å². The van der Waals surface area contributed by atoms with Gasteiger partial charge in [0.25, 0.3) is 11.8 Å². The molecule has 4 amide bonds. The molecule has 0 bridgehead atoms. The number of aromatic nitrogens is 3. The zero-order valence-electron chi connectivity index (χ0n) is 17.1. The van der Waals surface area contributed by atoms with Crippen LogP contribution in [0.5, 0.6) is 6.01 Å². The Labute approximate surface area is 164 Å². The molecule has 2 saturated heterocycles. The minimum Gasteiger partial charge on any atom is -0.467 e. The molecule has 10 heteroatoms. The Hall–Kier alpha value is -2.65. The van der Waals surface area contributed by atoms with Crippen molar-refractivity contribution in [3.05, 3.63) is 5.82 Å². The van der Waals surface area contributed by atoms with Crippen LogP contribution >= 0.6 is 0 Å². The molecule has 1 aromatic rings. The fourth-order valence-electron chi connectivity index (χ4n) is 4.02. The molecule has 3 rings (SSSR count). The van der Waals surface area contributed by atoms with Crippen LogP contribution in [0.1, 0.15) is 44.2 Å². The van der Waals surface area contributed by atoms with Gasteiger partial charge in [-0.15, -0.1) is 5.10 Å². The summed E-state index contributed by atoms with van der Waals surface area (Å²) in [6.07, 6.45) is 0.826. The minimum atomic E-state index is -0.858. The molecular weight excluding hydrogens is 364 g/mol. The van der Waals surface area contributed by atoms with Crippen LogP contribution in [0.15, 0.2) is 0 Å². The molecule has 0 saturated carbocycles. The van der Waals surface area contributed by atoms with Crippen LogP contribution in [0.4, 0.5) is 4.79 Å². The van der Waals surface area contributed by atoms with E-state index in [-0.39, 0.29) is 35.6 Å². The number of aryl methyl sites for hydroxylation is 1. The van der Waals surface area contributed by atoms with Crippen molar-refractivity contribution in [2.24, 2.45) is 13.0 Å².